The van der Waals surface area contributed by atoms with Gasteiger partial charge in [0.15, 0.2) is 0 Å². The van der Waals surface area contributed by atoms with E-state index in [0.29, 0.717) is 6.54 Å². The Morgan fingerprint density at radius 2 is 1.76 bits per heavy atom. The van der Waals surface area contributed by atoms with Crippen LogP contribution in [0.15, 0.2) is 48.5 Å². The number of hydrogen-bond acceptors (Lipinski definition) is 2. The normalized spacial score (nSPS) is 12.6. The van der Waals surface area contributed by atoms with Gasteiger partial charge in [0, 0.05) is 19.1 Å². The molecule has 0 radical (unpaired) electrons. The van der Waals surface area contributed by atoms with Crippen LogP contribution in [0.4, 0.5) is 4.39 Å². The molecule has 0 spiro atoms. The first-order chi connectivity index (χ1) is 10.2. The van der Waals surface area contributed by atoms with Crippen LogP contribution >= 0.6 is 0 Å². The van der Waals surface area contributed by atoms with E-state index in [9.17, 15) is 4.39 Å². The molecular weight excluding hydrogens is 263 g/mol. The molecule has 2 aromatic rings. The first-order valence-corrected chi connectivity index (χ1v) is 7.38. The SMILES string of the molecule is CCc1ccccc1C(CN)N(C)Cc1ccc(F)cc1. The molecule has 0 aliphatic heterocycles. The minimum atomic E-state index is -0.201. The highest BCUT2D eigenvalue weighted by molar-refractivity contribution is 5.30. The van der Waals surface area contributed by atoms with E-state index in [1.807, 2.05) is 12.1 Å². The molecule has 0 bridgehead atoms. The molecule has 2 aromatic carbocycles. The van der Waals surface area contributed by atoms with Gasteiger partial charge in [0.25, 0.3) is 0 Å². The van der Waals surface area contributed by atoms with Crippen LogP contribution < -0.4 is 5.73 Å². The maximum Gasteiger partial charge on any atom is 0.123 e. The Balaban J connectivity index is 2.18. The smallest absolute Gasteiger partial charge is 0.123 e. The van der Waals surface area contributed by atoms with Gasteiger partial charge >= 0.3 is 0 Å². The third-order valence-corrected chi connectivity index (χ3v) is 3.90. The quantitative estimate of drug-likeness (QED) is 0.880. The van der Waals surface area contributed by atoms with Gasteiger partial charge < -0.3 is 5.73 Å². The number of nitrogens with two attached hydrogens (primary N) is 1. The van der Waals surface area contributed by atoms with Gasteiger partial charge in [-0.25, -0.2) is 4.39 Å². The average Bonchev–Trinajstić information content (AvgIpc) is 2.51. The monoisotopic (exact) mass is 286 g/mol. The molecule has 0 heterocycles. The van der Waals surface area contributed by atoms with Gasteiger partial charge in [0.1, 0.15) is 5.82 Å². The van der Waals surface area contributed by atoms with Gasteiger partial charge in [-0.15, -0.1) is 0 Å². The fraction of sp³-hybridized carbons (Fsp3) is 0.333. The lowest BCUT2D eigenvalue weighted by Gasteiger charge is -2.29. The molecule has 0 aliphatic rings. The first kappa shape index (κ1) is 15.7. The van der Waals surface area contributed by atoms with E-state index in [-0.39, 0.29) is 11.9 Å². The van der Waals surface area contributed by atoms with E-state index in [1.165, 1.54) is 23.3 Å². The number of hydrogen-bond donors (Lipinski definition) is 1. The predicted molar refractivity (Wildman–Crippen MR) is 85.5 cm³/mol. The molecule has 2 nitrogen and oxygen atoms in total. The molecule has 0 amide bonds. The van der Waals surface area contributed by atoms with E-state index < -0.39 is 0 Å². The highest BCUT2D eigenvalue weighted by Crippen LogP contribution is 2.24. The summed E-state index contributed by atoms with van der Waals surface area (Å²) >= 11 is 0. The van der Waals surface area contributed by atoms with Crippen molar-refractivity contribution in [1.29, 1.82) is 0 Å². The fourth-order valence-electron chi connectivity index (χ4n) is 2.71. The van der Waals surface area contributed by atoms with Crippen LogP contribution in [0.5, 0.6) is 0 Å². The van der Waals surface area contributed by atoms with Crippen molar-refractivity contribution >= 4 is 0 Å². The highest BCUT2D eigenvalue weighted by atomic mass is 19.1. The second-order valence-electron chi connectivity index (χ2n) is 5.35. The van der Waals surface area contributed by atoms with Crippen molar-refractivity contribution in [2.75, 3.05) is 13.6 Å². The van der Waals surface area contributed by atoms with E-state index in [0.717, 1.165) is 18.5 Å². The summed E-state index contributed by atoms with van der Waals surface area (Å²) in [6.07, 6.45) is 0.997. The maximum atomic E-state index is 13.0. The number of likely N-dealkylation sites (N-methyl/N-ethyl adjacent to an activating group) is 1. The fourth-order valence-corrected chi connectivity index (χ4v) is 2.71. The topological polar surface area (TPSA) is 29.3 Å². The van der Waals surface area contributed by atoms with E-state index in [2.05, 4.69) is 43.1 Å². The minimum absolute atomic E-state index is 0.172. The number of nitrogens with zero attached hydrogens (tertiary/aromatic N) is 1. The summed E-state index contributed by atoms with van der Waals surface area (Å²) in [6, 6.07) is 15.3. The van der Waals surface area contributed by atoms with Gasteiger partial charge in [-0.05, 0) is 42.3 Å². The van der Waals surface area contributed by atoms with Crippen molar-refractivity contribution in [1.82, 2.24) is 4.90 Å². The van der Waals surface area contributed by atoms with Gasteiger partial charge in [0.05, 0.1) is 0 Å². The molecular formula is C18H23FN2. The Labute approximate surface area is 126 Å². The molecule has 0 fully saturated rings. The lowest BCUT2D eigenvalue weighted by atomic mass is 9.97. The summed E-state index contributed by atoms with van der Waals surface area (Å²) in [5, 5.41) is 0. The molecule has 2 rings (SSSR count). The van der Waals surface area contributed by atoms with Crippen molar-refractivity contribution in [3.63, 3.8) is 0 Å². The number of rotatable bonds is 6. The van der Waals surface area contributed by atoms with E-state index >= 15 is 0 Å². The molecule has 0 aromatic heterocycles. The molecule has 2 N–H and O–H groups in total. The molecule has 0 saturated heterocycles. The van der Waals surface area contributed by atoms with E-state index in [1.54, 1.807) is 0 Å². The lowest BCUT2D eigenvalue weighted by molar-refractivity contribution is 0.240. The summed E-state index contributed by atoms with van der Waals surface area (Å²) in [5.74, 6) is -0.201. The Kier molecular flexibility index (Phi) is 5.48. The number of aryl methyl sites for hydroxylation is 1. The Morgan fingerprint density at radius 1 is 1.10 bits per heavy atom. The molecule has 112 valence electrons. The molecule has 1 unspecified atom stereocenters. The zero-order valence-electron chi connectivity index (χ0n) is 12.7. The maximum absolute atomic E-state index is 13.0. The Morgan fingerprint density at radius 3 is 2.38 bits per heavy atom. The summed E-state index contributed by atoms with van der Waals surface area (Å²) < 4.78 is 13.0. The highest BCUT2D eigenvalue weighted by Gasteiger charge is 2.18. The zero-order valence-corrected chi connectivity index (χ0v) is 12.7. The third kappa shape index (κ3) is 3.90. The lowest BCUT2D eigenvalue weighted by Crippen LogP contribution is -2.30. The Bertz CT molecular complexity index is 566. The first-order valence-electron chi connectivity index (χ1n) is 7.38. The van der Waals surface area contributed by atoms with Gasteiger partial charge in [-0.3, -0.25) is 4.90 Å². The van der Waals surface area contributed by atoms with Crippen LogP contribution in [0.3, 0.4) is 0 Å². The van der Waals surface area contributed by atoms with Crippen molar-refractivity contribution in [2.24, 2.45) is 5.73 Å². The number of halogens is 1. The van der Waals surface area contributed by atoms with Crippen LogP contribution in [-0.2, 0) is 13.0 Å². The largest absolute Gasteiger partial charge is 0.329 e. The molecule has 0 saturated carbocycles. The summed E-state index contributed by atoms with van der Waals surface area (Å²) in [4.78, 5) is 2.22. The van der Waals surface area contributed by atoms with E-state index in [4.69, 9.17) is 5.73 Å². The third-order valence-electron chi connectivity index (χ3n) is 3.90. The predicted octanol–water partition coefficient (Wildman–Crippen LogP) is 3.52. The van der Waals surface area contributed by atoms with Crippen LogP contribution in [0.1, 0.15) is 29.7 Å². The van der Waals surface area contributed by atoms with Crippen molar-refractivity contribution in [3.05, 3.63) is 71.0 Å². The molecule has 1 atom stereocenters. The molecule has 3 heteroatoms. The summed E-state index contributed by atoms with van der Waals surface area (Å²) in [5.41, 5.74) is 9.71. The van der Waals surface area contributed by atoms with Crippen molar-refractivity contribution in [3.8, 4) is 0 Å². The minimum Gasteiger partial charge on any atom is -0.329 e. The van der Waals surface area contributed by atoms with Gasteiger partial charge in [-0.1, -0.05) is 43.3 Å². The standard InChI is InChI=1S/C18H23FN2/c1-3-15-6-4-5-7-17(15)18(12-20)21(2)13-14-8-10-16(19)11-9-14/h4-11,18H,3,12-13,20H2,1-2H3. The second-order valence-corrected chi connectivity index (χ2v) is 5.35. The van der Waals surface area contributed by atoms with Crippen molar-refractivity contribution < 1.29 is 4.39 Å². The number of benzene rings is 2. The van der Waals surface area contributed by atoms with Crippen molar-refractivity contribution in [2.45, 2.75) is 25.9 Å². The van der Waals surface area contributed by atoms with Gasteiger partial charge in [0.2, 0.25) is 0 Å². The van der Waals surface area contributed by atoms with Crippen LogP contribution in [0, 0.1) is 5.82 Å². The second kappa shape index (κ2) is 7.34. The van der Waals surface area contributed by atoms with Crippen LogP contribution in [0.25, 0.3) is 0 Å². The average molecular weight is 286 g/mol. The van der Waals surface area contributed by atoms with Crippen LogP contribution in [-0.4, -0.2) is 18.5 Å². The van der Waals surface area contributed by atoms with Gasteiger partial charge in [-0.2, -0.15) is 0 Å². The summed E-state index contributed by atoms with van der Waals surface area (Å²) in [6.45, 7) is 3.47. The molecule has 0 aliphatic carbocycles. The summed E-state index contributed by atoms with van der Waals surface area (Å²) in [7, 11) is 2.06. The Hall–Kier alpha value is -1.71. The zero-order chi connectivity index (χ0) is 15.2. The van der Waals surface area contributed by atoms with Crippen LogP contribution in [0.2, 0.25) is 0 Å². The molecule has 21 heavy (non-hydrogen) atoms.